The summed E-state index contributed by atoms with van der Waals surface area (Å²) in [6.45, 7) is 0.743. The minimum atomic E-state index is 0.743. The Bertz CT molecular complexity index is 368. The van der Waals surface area contributed by atoms with Gasteiger partial charge in [-0.15, -0.1) is 16.4 Å². The van der Waals surface area contributed by atoms with Gasteiger partial charge in [0.1, 0.15) is 5.00 Å². The highest BCUT2D eigenvalue weighted by Gasteiger charge is 2.00. The maximum atomic E-state index is 5.72. The number of hydrogen-bond acceptors (Lipinski definition) is 6. The average molecular weight is 212 g/mol. The molecule has 0 unspecified atom stereocenters. The van der Waals surface area contributed by atoms with Crippen LogP contribution < -0.4 is 11.1 Å². The minimum Gasteiger partial charge on any atom is -0.398 e. The third-order valence-electron chi connectivity index (χ3n) is 1.56. The SMILES string of the molecule is Nc1ccsc1CNc1cnns1. The fourth-order valence-corrected chi connectivity index (χ4v) is 2.06. The second-order valence-electron chi connectivity index (χ2n) is 2.43. The van der Waals surface area contributed by atoms with E-state index in [1.54, 1.807) is 17.5 Å². The molecule has 2 aromatic rings. The number of nitrogen functional groups attached to an aromatic ring is 1. The second-order valence-corrected chi connectivity index (χ2v) is 4.22. The van der Waals surface area contributed by atoms with Crippen molar-refractivity contribution < 1.29 is 0 Å². The van der Waals surface area contributed by atoms with Gasteiger partial charge in [0, 0.05) is 22.1 Å². The number of hydrogen-bond donors (Lipinski definition) is 2. The summed E-state index contributed by atoms with van der Waals surface area (Å²) in [4.78, 5) is 1.15. The van der Waals surface area contributed by atoms with Crippen molar-refractivity contribution in [3.8, 4) is 0 Å². The summed E-state index contributed by atoms with van der Waals surface area (Å²) >= 11 is 2.99. The monoisotopic (exact) mass is 212 g/mol. The standard InChI is InChI=1S/C7H8N4S2/c8-5-1-2-12-6(5)3-9-7-4-10-11-13-7/h1-2,4,9H,3,8H2. The number of nitrogens with two attached hydrogens (primary N) is 1. The Labute approximate surface area is 83.6 Å². The fraction of sp³-hybridized carbons (Fsp3) is 0.143. The zero-order valence-electron chi connectivity index (χ0n) is 6.73. The van der Waals surface area contributed by atoms with E-state index in [9.17, 15) is 0 Å². The molecule has 68 valence electrons. The molecule has 3 N–H and O–H groups in total. The number of rotatable bonds is 3. The number of anilines is 2. The van der Waals surface area contributed by atoms with E-state index in [0.29, 0.717) is 0 Å². The lowest BCUT2D eigenvalue weighted by molar-refractivity contribution is 1.15. The van der Waals surface area contributed by atoms with Gasteiger partial charge in [0.05, 0.1) is 12.7 Å². The van der Waals surface area contributed by atoms with E-state index in [2.05, 4.69) is 14.9 Å². The first-order valence-electron chi connectivity index (χ1n) is 3.69. The Morgan fingerprint density at radius 2 is 2.46 bits per heavy atom. The van der Waals surface area contributed by atoms with Gasteiger partial charge in [0.15, 0.2) is 0 Å². The summed E-state index contributed by atoms with van der Waals surface area (Å²) in [5.74, 6) is 0. The van der Waals surface area contributed by atoms with E-state index >= 15 is 0 Å². The lowest BCUT2D eigenvalue weighted by atomic mass is 10.4. The third-order valence-corrected chi connectivity index (χ3v) is 3.12. The van der Waals surface area contributed by atoms with Gasteiger partial charge < -0.3 is 11.1 Å². The summed E-state index contributed by atoms with van der Waals surface area (Å²) in [5, 5.41) is 9.86. The first kappa shape index (κ1) is 8.46. The van der Waals surface area contributed by atoms with E-state index in [1.165, 1.54) is 11.5 Å². The van der Waals surface area contributed by atoms with E-state index < -0.39 is 0 Å². The lowest BCUT2D eigenvalue weighted by Crippen LogP contribution is -1.97. The molecular formula is C7H8N4S2. The average Bonchev–Trinajstić information content (AvgIpc) is 2.72. The van der Waals surface area contributed by atoms with Gasteiger partial charge in [-0.2, -0.15) is 0 Å². The van der Waals surface area contributed by atoms with Gasteiger partial charge in [0.25, 0.3) is 0 Å². The zero-order valence-corrected chi connectivity index (χ0v) is 8.36. The van der Waals surface area contributed by atoms with Crippen LogP contribution in [0, 0.1) is 0 Å². The maximum absolute atomic E-state index is 5.72. The highest BCUT2D eigenvalue weighted by atomic mass is 32.1. The van der Waals surface area contributed by atoms with Gasteiger partial charge in [-0.25, -0.2) is 0 Å². The van der Waals surface area contributed by atoms with E-state index in [1.807, 2.05) is 11.4 Å². The van der Waals surface area contributed by atoms with Crippen molar-refractivity contribution in [1.29, 1.82) is 0 Å². The van der Waals surface area contributed by atoms with Crippen LogP contribution in [0.25, 0.3) is 0 Å². The van der Waals surface area contributed by atoms with Crippen molar-refractivity contribution in [2.24, 2.45) is 0 Å². The molecule has 0 saturated carbocycles. The van der Waals surface area contributed by atoms with Crippen LogP contribution in [0.3, 0.4) is 0 Å². The Morgan fingerprint density at radius 3 is 3.08 bits per heavy atom. The molecule has 2 rings (SSSR count). The number of nitrogens with one attached hydrogen (secondary N) is 1. The van der Waals surface area contributed by atoms with E-state index in [4.69, 9.17) is 5.73 Å². The minimum absolute atomic E-state index is 0.743. The van der Waals surface area contributed by atoms with E-state index in [-0.39, 0.29) is 0 Å². The largest absolute Gasteiger partial charge is 0.398 e. The molecule has 0 spiro atoms. The molecule has 4 nitrogen and oxygen atoms in total. The van der Waals surface area contributed by atoms with Crippen molar-refractivity contribution in [2.75, 3.05) is 11.1 Å². The van der Waals surface area contributed by atoms with Crippen LogP contribution in [0.4, 0.5) is 10.7 Å². The molecule has 0 aliphatic heterocycles. The molecule has 0 aliphatic carbocycles. The van der Waals surface area contributed by atoms with Gasteiger partial charge >= 0.3 is 0 Å². The molecule has 0 fully saturated rings. The second kappa shape index (κ2) is 3.71. The lowest BCUT2D eigenvalue weighted by Gasteiger charge is -2.00. The van der Waals surface area contributed by atoms with Crippen LogP contribution in [0.5, 0.6) is 0 Å². The molecule has 2 aromatic heterocycles. The quantitative estimate of drug-likeness (QED) is 0.814. The predicted octanol–water partition coefficient (Wildman–Crippen LogP) is 1.79. The van der Waals surface area contributed by atoms with Crippen molar-refractivity contribution in [3.05, 3.63) is 22.5 Å². The molecule has 0 atom stereocenters. The Morgan fingerprint density at radius 1 is 1.54 bits per heavy atom. The van der Waals surface area contributed by atoms with Crippen LogP contribution in [0.1, 0.15) is 4.88 Å². The molecule has 0 amide bonds. The fourth-order valence-electron chi connectivity index (χ4n) is 0.907. The number of thiophene rings is 1. The van der Waals surface area contributed by atoms with Crippen molar-refractivity contribution in [1.82, 2.24) is 9.59 Å². The van der Waals surface area contributed by atoms with Gasteiger partial charge in [-0.3, -0.25) is 0 Å². The Balaban J connectivity index is 1.97. The molecule has 0 bridgehead atoms. The predicted molar refractivity (Wildman–Crippen MR) is 56.0 cm³/mol. The van der Waals surface area contributed by atoms with Crippen LogP contribution in [0.15, 0.2) is 17.6 Å². The van der Waals surface area contributed by atoms with Gasteiger partial charge in [-0.05, 0) is 11.4 Å². The maximum Gasteiger partial charge on any atom is 0.130 e. The smallest absolute Gasteiger partial charge is 0.130 e. The summed E-state index contributed by atoms with van der Waals surface area (Å²) < 4.78 is 3.75. The molecule has 0 saturated heterocycles. The molecule has 0 aromatic carbocycles. The summed E-state index contributed by atoms with van der Waals surface area (Å²) in [7, 11) is 0. The molecular weight excluding hydrogens is 204 g/mol. The Hall–Kier alpha value is -1.14. The first-order chi connectivity index (χ1) is 6.36. The summed E-state index contributed by atoms with van der Waals surface area (Å²) in [5.41, 5.74) is 6.57. The van der Waals surface area contributed by atoms with Crippen molar-refractivity contribution in [2.45, 2.75) is 6.54 Å². The summed E-state index contributed by atoms with van der Waals surface area (Å²) in [6, 6.07) is 1.91. The van der Waals surface area contributed by atoms with Gasteiger partial charge in [-0.1, -0.05) is 4.49 Å². The van der Waals surface area contributed by atoms with Crippen LogP contribution in [-0.4, -0.2) is 9.59 Å². The number of nitrogens with zero attached hydrogens (tertiary/aromatic N) is 2. The van der Waals surface area contributed by atoms with Crippen LogP contribution in [-0.2, 0) is 6.54 Å². The van der Waals surface area contributed by atoms with Crippen molar-refractivity contribution in [3.63, 3.8) is 0 Å². The number of aromatic nitrogens is 2. The van der Waals surface area contributed by atoms with Crippen LogP contribution >= 0.6 is 22.9 Å². The molecule has 0 radical (unpaired) electrons. The Kier molecular flexibility index (Phi) is 2.42. The first-order valence-corrected chi connectivity index (χ1v) is 5.34. The highest BCUT2D eigenvalue weighted by Crippen LogP contribution is 2.20. The topological polar surface area (TPSA) is 63.8 Å². The molecule has 13 heavy (non-hydrogen) atoms. The molecule has 2 heterocycles. The highest BCUT2D eigenvalue weighted by molar-refractivity contribution is 7.10. The van der Waals surface area contributed by atoms with Gasteiger partial charge in [0.2, 0.25) is 0 Å². The zero-order chi connectivity index (χ0) is 9.10. The van der Waals surface area contributed by atoms with Crippen molar-refractivity contribution >= 4 is 33.6 Å². The van der Waals surface area contributed by atoms with E-state index in [0.717, 1.165) is 22.1 Å². The molecule has 6 heteroatoms. The third kappa shape index (κ3) is 1.96. The summed E-state index contributed by atoms with van der Waals surface area (Å²) in [6.07, 6.45) is 1.70. The van der Waals surface area contributed by atoms with Crippen LogP contribution in [0.2, 0.25) is 0 Å². The normalized spacial score (nSPS) is 10.2. The molecule has 0 aliphatic rings.